The first-order chi connectivity index (χ1) is 11.0. The zero-order chi connectivity index (χ0) is 16.8. The van der Waals surface area contributed by atoms with Crippen LogP contribution in [0.15, 0.2) is 18.2 Å². The van der Waals surface area contributed by atoms with Gasteiger partial charge in [-0.25, -0.2) is 8.78 Å². The van der Waals surface area contributed by atoms with Gasteiger partial charge in [0.05, 0.1) is 6.54 Å². The van der Waals surface area contributed by atoms with Crippen molar-refractivity contribution < 1.29 is 13.6 Å². The van der Waals surface area contributed by atoms with Crippen molar-refractivity contribution in [2.24, 2.45) is 5.92 Å². The molecule has 0 unspecified atom stereocenters. The van der Waals surface area contributed by atoms with Gasteiger partial charge in [0.25, 0.3) is 0 Å². The lowest BCUT2D eigenvalue weighted by Crippen LogP contribution is -2.47. The molecule has 1 amide bonds. The lowest BCUT2D eigenvalue weighted by Gasteiger charge is -2.30. The fourth-order valence-corrected chi connectivity index (χ4v) is 2.91. The van der Waals surface area contributed by atoms with Crippen LogP contribution in [-0.4, -0.2) is 23.6 Å². The van der Waals surface area contributed by atoms with E-state index < -0.39 is 11.6 Å². The van der Waals surface area contributed by atoms with E-state index in [0.717, 1.165) is 18.6 Å². The Balaban J connectivity index is 1.75. The number of carbonyl (C=O) groups is 1. The highest BCUT2D eigenvalue weighted by molar-refractivity contribution is 7.80. The summed E-state index contributed by atoms with van der Waals surface area (Å²) in [5, 5.41) is 8.99. The molecule has 1 aromatic carbocycles. The molecular formula is C16H21F2N3OS. The van der Waals surface area contributed by atoms with E-state index >= 15 is 0 Å². The minimum Gasteiger partial charge on any atom is -0.360 e. The Morgan fingerprint density at radius 3 is 2.70 bits per heavy atom. The summed E-state index contributed by atoms with van der Waals surface area (Å²) in [5.74, 6) is -1.77. The molecule has 0 aromatic heterocycles. The van der Waals surface area contributed by atoms with Crippen molar-refractivity contribution in [2.45, 2.75) is 38.6 Å². The third-order valence-electron chi connectivity index (χ3n) is 4.04. The third kappa shape index (κ3) is 5.42. The zero-order valence-electron chi connectivity index (χ0n) is 13.0. The highest BCUT2D eigenvalue weighted by Gasteiger charge is 2.21. The van der Waals surface area contributed by atoms with Crippen LogP contribution in [0.3, 0.4) is 0 Å². The van der Waals surface area contributed by atoms with Gasteiger partial charge in [-0.1, -0.05) is 19.8 Å². The first-order valence-electron chi connectivity index (χ1n) is 7.75. The molecule has 1 aliphatic rings. The summed E-state index contributed by atoms with van der Waals surface area (Å²) in [7, 11) is 0. The van der Waals surface area contributed by atoms with Gasteiger partial charge in [0.1, 0.15) is 0 Å². The molecule has 0 saturated heterocycles. The summed E-state index contributed by atoms with van der Waals surface area (Å²) in [6, 6.07) is 3.54. The Morgan fingerprint density at radius 2 is 2.00 bits per heavy atom. The van der Waals surface area contributed by atoms with E-state index in [1.165, 1.54) is 25.3 Å². The highest BCUT2D eigenvalue weighted by atomic mass is 32.1. The molecule has 2 atom stereocenters. The Kier molecular flexibility index (Phi) is 6.27. The molecule has 7 heteroatoms. The van der Waals surface area contributed by atoms with Crippen molar-refractivity contribution in [1.29, 1.82) is 0 Å². The first-order valence-corrected chi connectivity index (χ1v) is 8.16. The number of halogens is 2. The Morgan fingerprint density at radius 1 is 1.26 bits per heavy atom. The topological polar surface area (TPSA) is 53.2 Å². The van der Waals surface area contributed by atoms with Gasteiger partial charge in [0, 0.05) is 17.8 Å². The average molecular weight is 341 g/mol. The van der Waals surface area contributed by atoms with Gasteiger partial charge in [-0.2, -0.15) is 0 Å². The normalized spacial score (nSPS) is 20.7. The predicted molar refractivity (Wildman–Crippen MR) is 90.1 cm³/mol. The van der Waals surface area contributed by atoms with Crippen LogP contribution in [0.5, 0.6) is 0 Å². The van der Waals surface area contributed by atoms with Gasteiger partial charge in [-0.15, -0.1) is 0 Å². The maximum atomic E-state index is 13.1. The fourth-order valence-electron chi connectivity index (χ4n) is 2.69. The zero-order valence-corrected chi connectivity index (χ0v) is 13.8. The Hall–Kier alpha value is -1.76. The molecule has 3 N–H and O–H groups in total. The van der Waals surface area contributed by atoms with Crippen LogP contribution in [0, 0.1) is 17.6 Å². The van der Waals surface area contributed by atoms with Gasteiger partial charge in [0.2, 0.25) is 5.91 Å². The third-order valence-corrected chi connectivity index (χ3v) is 4.30. The Bertz CT molecular complexity index is 582. The molecule has 0 radical (unpaired) electrons. The first kappa shape index (κ1) is 17.6. The molecule has 2 rings (SSSR count). The minimum atomic E-state index is -1.00. The summed E-state index contributed by atoms with van der Waals surface area (Å²) in [6.07, 6.45) is 4.68. The van der Waals surface area contributed by atoms with E-state index in [1.54, 1.807) is 0 Å². The molecule has 0 aliphatic heterocycles. The van der Waals surface area contributed by atoms with E-state index in [4.69, 9.17) is 12.2 Å². The summed E-state index contributed by atoms with van der Waals surface area (Å²) in [6.45, 7) is 2.15. The van der Waals surface area contributed by atoms with Gasteiger partial charge in [0.15, 0.2) is 16.7 Å². The monoisotopic (exact) mass is 341 g/mol. The largest absolute Gasteiger partial charge is 0.360 e. The second-order valence-electron chi connectivity index (χ2n) is 5.87. The number of hydrogen-bond acceptors (Lipinski definition) is 2. The number of anilines is 1. The van der Waals surface area contributed by atoms with Crippen molar-refractivity contribution in [3.63, 3.8) is 0 Å². The number of benzene rings is 1. The Labute approximate surface area is 140 Å². The standard InChI is InChI=1S/C16H21F2N3OS/c1-10-4-2-3-5-14(10)21-16(23)19-9-15(22)20-11-6-7-12(17)13(18)8-11/h6-8,10,14H,2-5,9H2,1H3,(H,20,22)(H2,19,21,23)/t10-,14-/m1/s1. The number of nitrogens with one attached hydrogen (secondary N) is 3. The second-order valence-corrected chi connectivity index (χ2v) is 6.28. The summed E-state index contributed by atoms with van der Waals surface area (Å²) in [5.41, 5.74) is 0.204. The molecule has 1 aliphatic carbocycles. The van der Waals surface area contributed by atoms with Crippen LogP contribution in [-0.2, 0) is 4.79 Å². The van der Waals surface area contributed by atoms with Crippen LogP contribution in [0.1, 0.15) is 32.6 Å². The molecular weight excluding hydrogens is 320 g/mol. The van der Waals surface area contributed by atoms with Gasteiger partial charge < -0.3 is 16.0 Å². The summed E-state index contributed by atoms with van der Waals surface area (Å²) < 4.78 is 25.9. The molecule has 23 heavy (non-hydrogen) atoms. The van der Waals surface area contributed by atoms with E-state index in [0.29, 0.717) is 17.1 Å². The highest BCUT2D eigenvalue weighted by Crippen LogP contribution is 2.23. The van der Waals surface area contributed by atoms with Crippen molar-refractivity contribution in [3.8, 4) is 0 Å². The van der Waals surface area contributed by atoms with Crippen molar-refractivity contribution >= 4 is 28.9 Å². The summed E-state index contributed by atoms with van der Waals surface area (Å²) in [4.78, 5) is 11.8. The molecule has 1 fully saturated rings. The number of rotatable bonds is 4. The van der Waals surface area contributed by atoms with Crippen molar-refractivity contribution in [2.75, 3.05) is 11.9 Å². The van der Waals surface area contributed by atoms with E-state index in [2.05, 4.69) is 22.9 Å². The van der Waals surface area contributed by atoms with Gasteiger partial charge >= 0.3 is 0 Å². The van der Waals surface area contributed by atoms with E-state index in [-0.39, 0.29) is 18.1 Å². The van der Waals surface area contributed by atoms with Crippen LogP contribution < -0.4 is 16.0 Å². The SMILES string of the molecule is C[C@@H]1CCCC[C@H]1NC(=S)NCC(=O)Nc1ccc(F)c(F)c1. The number of thiocarbonyl (C=S) groups is 1. The fraction of sp³-hybridized carbons (Fsp3) is 0.500. The van der Waals surface area contributed by atoms with Crippen molar-refractivity contribution in [1.82, 2.24) is 10.6 Å². The summed E-state index contributed by atoms with van der Waals surface area (Å²) >= 11 is 5.20. The van der Waals surface area contributed by atoms with Gasteiger partial charge in [-0.05, 0) is 43.1 Å². The second kappa shape index (κ2) is 8.19. The number of amides is 1. The molecule has 0 bridgehead atoms. The van der Waals surface area contributed by atoms with Crippen LogP contribution in [0.25, 0.3) is 0 Å². The van der Waals surface area contributed by atoms with Gasteiger partial charge in [-0.3, -0.25) is 4.79 Å². The van der Waals surface area contributed by atoms with Crippen LogP contribution >= 0.6 is 12.2 Å². The molecule has 0 spiro atoms. The smallest absolute Gasteiger partial charge is 0.243 e. The molecule has 4 nitrogen and oxygen atoms in total. The number of carbonyl (C=O) groups excluding carboxylic acids is 1. The average Bonchev–Trinajstić information content (AvgIpc) is 2.51. The molecule has 1 aromatic rings. The maximum absolute atomic E-state index is 13.1. The van der Waals surface area contributed by atoms with Crippen LogP contribution in [0.4, 0.5) is 14.5 Å². The van der Waals surface area contributed by atoms with E-state index in [9.17, 15) is 13.6 Å². The molecule has 126 valence electrons. The van der Waals surface area contributed by atoms with E-state index in [1.807, 2.05) is 0 Å². The van der Waals surface area contributed by atoms with Crippen LogP contribution in [0.2, 0.25) is 0 Å². The molecule has 0 heterocycles. The maximum Gasteiger partial charge on any atom is 0.243 e. The minimum absolute atomic E-state index is 0.0358. The quantitative estimate of drug-likeness (QED) is 0.737. The molecule has 1 saturated carbocycles. The lowest BCUT2D eigenvalue weighted by molar-refractivity contribution is -0.115. The number of hydrogen-bond donors (Lipinski definition) is 3. The van der Waals surface area contributed by atoms with Crippen molar-refractivity contribution in [3.05, 3.63) is 29.8 Å². The predicted octanol–water partition coefficient (Wildman–Crippen LogP) is 2.95. The lowest BCUT2D eigenvalue weighted by atomic mass is 9.86.